The van der Waals surface area contributed by atoms with Gasteiger partial charge in [0.25, 0.3) is 0 Å². The summed E-state index contributed by atoms with van der Waals surface area (Å²) in [5.41, 5.74) is 4.90. The lowest BCUT2D eigenvalue weighted by molar-refractivity contribution is -0.155. The van der Waals surface area contributed by atoms with Crippen LogP contribution in [-0.4, -0.2) is 15.5 Å². The van der Waals surface area contributed by atoms with Crippen LogP contribution in [0.15, 0.2) is 30.7 Å². The molecule has 0 saturated heterocycles. The summed E-state index contributed by atoms with van der Waals surface area (Å²) in [7, 11) is 0. The van der Waals surface area contributed by atoms with Crippen molar-refractivity contribution in [2.45, 2.75) is 52.7 Å². The normalized spacial score (nSPS) is 15.3. The van der Waals surface area contributed by atoms with Crippen molar-refractivity contribution in [1.29, 1.82) is 0 Å². The molecule has 0 radical (unpaired) electrons. The molecule has 1 heterocycles. The zero-order chi connectivity index (χ0) is 16.4. The molecule has 0 spiro atoms. The fourth-order valence-electron chi connectivity index (χ4n) is 2.97. The van der Waals surface area contributed by atoms with Crippen LogP contribution in [0.1, 0.15) is 54.5 Å². The van der Waals surface area contributed by atoms with Gasteiger partial charge in [0.15, 0.2) is 6.73 Å². The van der Waals surface area contributed by atoms with E-state index in [4.69, 9.17) is 4.74 Å². The van der Waals surface area contributed by atoms with Gasteiger partial charge in [0, 0.05) is 12.1 Å². The van der Waals surface area contributed by atoms with E-state index < -0.39 is 0 Å². The first-order chi connectivity index (χ1) is 11.1. The first kappa shape index (κ1) is 18.5. The molecule has 3 rings (SSSR count). The molecule has 5 heteroatoms. The van der Waals surface area contributed by atoms with Crippen LogP contribution in [0, 0.1) is 19.8 Å². The summed E-state index contributed by atoms with van der Waals surface area (Å²) < 4.78 is 7.20. The lowest BCUT2D eigenvalue weighted by atomic mass is 9.86. The average Bonchev–Trinajstić information content (AvgIpc) is 2.94. The Balaban J connectivity index is 0.00000208. The number of hydrogen-bond donors (Lipinski definition) is 0. The molecule has 1 aliphatic rings. The number of aryl methyl sites for hydroxylation is 1. The van der Waals surface area contributed by atoms with Gasteiger partial charge in [-0.15, -0.1) is 12.4 Å². The van der Waals surface area contributed by atoms with Crippen LogP contribution >= 0.6 is 12.4 Å². The van der Waals surface area contributed by atoms with Crippen LogP contribution in [0.3, 0.4) is 0 Å². The van der Waals surface area contributed by atoms with E-state index in [0.29, 0.717) is 0 Å². The Labute approximate surface area is 149 Å². The van der Waals surface area contributed by atoms with E-state index in [1.165, 1.54) is 16.7 Å². The van der Waals surface area contributed by atoms with Gasteiger partial charge in [-0.25, -0.2) is 4.98 Å². The highest BCUT2D eigenvalue weighted by Crippen LogP contribution is 2.28. The van der Waals surface area contributed by atoms with E-state index in [-0.39, 0.29) is 36.9 Å². The molecule has 130 valence electrons. The molecule has 0 amide bonds. The van der Waals surface area contributed by atoms with Gasteiger partial charge in [0.1, 0.15) is 0 Å². The molecule has 1 atom stereocenters. The zero-order valence-corrected chi connectivity index (χ0v) is 15.3. The topological polar surface area (TPSA) is 44.1 Å². The first-order valence-corrected chi connectivity index (χ1v) is 8.30. The molecule has 1 aromatic heterocycles. The third kappa shape index (κ3) is 3.81. The molecular weight excluding hydrogens is 324 g/mol. The lowest BCUT2D eigenvalue weighted by Crippen LogP contribution is -2.24. The minimum absolute atomic E-state index is 0. The summed E-state index contributed by atoms with van der Waals surface area (Å²) in [4.78, 5) is 16.3. The van der Waals surface area contributed by atoms with Crippen LogP contribution in [0.4, 0.5) is 0 Å². The van der Waals surface area contributed by atoms with E-state index in [9.17, 15) is 4.79 Å². The van der Waals surface area contributed by atoms with Gasteiger partial charge in [0.2, 0.25) is 0 Å². The second-order valence-electron chi connectivity index (χ2n) is 6.54. The summed E-state index contributed by atoms with van der Waals surface area (Å²) >= 11 is 0. The number of halogens is 1. The monoisotopic (exact) mass is 348 g/mol. The number of esters is 1. The molecule has 4 nitrogen and oxygen atoms in total. The van der Waals surface area contributed by atoms with Gasteiger partial charge in [-0.05, 0) is 43.4 Å². The minimum Gasteiger partial charge on any atom is -0.444 e. The second-order valence-corrected chi connectivity index (χ2v) is 6.54. The smallest absolute Gasteiger partial charge is 0.310 e. The maximum Gasteiger partial charge on any atom is 0.310 e. The van der Waals surface area contributed by atoms with E-state index in [1.54, 1.807) is 6.33 Å². The molecule has 1 aromatic carbocycles. The summed E-state index contributed by atoms with van der Waals surface area (Å²) in [6.45, 7) is 6.69. The van der Waals surface area contributed by atoms with Gasteiger partial charge in [-0.1, -0.05) is 31.5 Å². The van der Waals surface area contributed by atoms with Crippen LogP contribution in [0.5, 0.6) is 0 Å². The Morgan fingerprint density at radius 1 is 1.38 bits per heavy atom. The Morgan fingerprint density at radius 3 is 2.79 bits per heavy atom. The Bertz CT molecular complexity index is 707. The van der Waals surface area contributed by atoms with Crippen molar-refractivity contribution < 1.29 is 9.53 Å². The number of nitrogens with zero attached hydrogens (tertiary/aromatic N) is 2. The van der Waals surface area contributed by atoms with Crippen molar-refractivity contribution in [3.63, 3.8) is 0 Å². The molecule has 0 aliphatic heterocycles. The highest BCUT2D eigenvalue weighted by molar-refractivity contribution is 5.85. The molecule has 1 fully saturated rings. The van der Waals surface area contributed by atoms with Gasteiger partial charge in [-0.3, -0.25) is 4.79 Å². The van der Waals surface area contributed by atoms with E-state index in [1.807, 2.05) is 10.8 Å². The maximum atomic E-state index is 11.8. The molecule has 24 heavy (non-hydrogen) atoms. The molecule has 0 N–H and O–H groups in total. The second kappa shape index (κ2) is 7.84. The lowest BCUT2D eigenvalue weighted by Gasteiger charge is -2.23. The number of carbonyl (C=O) groups excluding carboxylic acids is 1. The standard InChI is InChI=1S/C19H24N2O2.ClH/c1-13-6-4-9-17(14(13)2)15(3)18-10-21(11-20-18)12-23-19(22)16-7-5-8-16;/h4,6,9-11,15-16H,5,7-8,12H2,1-3H3;1H/t15-;/m0./s1. The molecule has 1 aliphatic carbocycles. The average molecular weight is 349 g/mol. The predicted octanol–water partition coefficient (Wildman–Crippen LogP) is 4.37. The number of benzene rings is 1. The van der Waals surface area contributed by atoms with E-state index >= 15 is 0 Å². The Morgan fingerprint density at radius 2 is 2.12 bits per heavy atom. The number of ether oxygens (including phenoxy) is 1. The maximum absolute atomic E-state index is 11.8. The number of rotatable bonds is 5. The van der Waals surface area contributed by atoms with Gasteiger partial charge in [0.05, 0.1) is 17.9 Å². The van der Waals surface area contributed by atoms with Gasteiger partial charge < -0.3 is 9.30 Å². The van der Waals surface area contributed by atoms with Crippen molar-refractivity contribution in [2.75, 3.05) is 0 Å². The Kier molecular flexibility index (Phi) is 6.05. The number of aromatic nitrogens is 2. The molecule has 1 saturated carbocycles. The van der Waals surface area contributed by atoms with Crippen LogP contribution in [0.2, 0.25) is 0 Å². The molecule has 2 aromatic rings. The first-order valence-electron chi connectivity index (χ1n) is 8.30. The molecule has 0 bridgehead atoms. The summed E-state index contributed by atoms with van der Waals surface area (Å²) in [5, 5.41) is 0. The number of hydrogen-bond acceptors (Lipinski definition) is 3. The van der Waals surface area contributed by atoms with Crippen molar-refractivity contribution >= 4 is 18.4 Å². The zero-order valence-electron chi connectivity index (χ0n) is 14.5. The highest BCUT2D eigenvalue weighted by atomic mass is 35.5. The number of carbonyl (C=O) groups is 1. The highest BCUT2D eigenvalue weighted by Gasteiger charge is 2.26. The van der Waals surface area contributed by atoms with Crippen LogP contribution < -0.4 is 0 Å². The predicted molar refractivity (Wildman–Crippen MR) is 96.3 cm³/mol. The SMILES string of the molecule is Cc1cccc([C@H](C)c2cn(COC(=O)C3CCC3)cn2)c1C.Cl. The van der Waals surface area contributed by atoms with Crippen molar-refractivity contribution in [2.24, 2.45) is 5.92 Å². The van der Waals surface area contributed by atoms with E-state index in [0.717, 1.165) is 25.0 Å². The van der Waals surface area contributed by atoms with Crippen molar-refractivity contribution in [3.8, 4) is 0 Å². The third-order valence-corrected chi connectivity index (χ3v) is 5.00. The molecule has 0 unspecified atom stereocenters. The minimum atomic E-state index is -0.0749. The third-order valence-electron chi connectivity index (χ3n) is 5.00. The largest absolute Gasteiger partial charge is 0.444 e. The van der Waals surface area contributed by atoms with Crippen LogP contribution in [-0.2, 0) is 16.3 Å². The summed E-state index contributed by atoms with van der Waals surface area (Å²) in [6, 6.07) is 6.37. The van der Waals surface area contributed by atoms with Crippen molar-refractivity contribution in [3.05, 3.63) is 53.1 Å². The Hall–Kier alpha value is -1.81. The van der Waals surface area contributed by atoms with Crippen LogP contribution in [0.25, 0.3) is 0 Å². The fourth-order valence-corrected chi connectivity index (χ4v) is 2.97. The van der Waals surface area contributed by atoms with Gasteiger partial charge >= 0.3 is 5.97 Å². The summed E-state index contributed by atoms with van der Waals surface area (Å²) in [6.07, 6.45) is 6.79. The molecular formula is C19H25ClN2O2. The quantitative estimate of drug-likeness (QED) is 0.753. The van der Waals surface area contributed by atoms with E-state index in [2.05, 4.69) is 44.0 Å². The number of imidazole rings is 1. The summed E-state index contributed by atoms with van der Waals surface area (Å²) in [5.74, 6) is 0.263. The fraction of sp³-hybridized carbons (Fsp3) is 0.474. The van der Waals surface area contributed by atoms with Crippen molar-refractivity contribution in [1.82, 2.24) is 9.55 Å². The van der Waals surface area contributed by atoms with Gasteiger partial charge in [-0.2, -0.15) is 0 Å².